The Balaban J connectivity index is 2.26. The number of hydrogen-bond acceptors (Lipinski definition) is 1. The standard InChI is InChI=1S/C12H12ClOP/c13-15-14-9-8-11-6-3-5-10-4-1-2-7-12(10)11/h1-7,15H,8-9H2. The van der Waals surface area contributed by atoms with Crippen LogP contribution in [0.3, 0.4) is 0 Å². The average molecular weight is 239 g/mol. The summed E-state index contributed by atoms with van der Waals surface area (Å²) in [5.41, 5.74) is 1.32. The highest BCUT2D eigenvalue weighted by atomic mass is 35.7. The van der Waals surface area contributed by atoms with Crippen molar-refractivity contribution in [3.8, 4) is 0 Å². The summed E-state index contributed by atoms with van der Waals surface area (Å²) in [6.07, 6.45) is 0.918. The summed E-state index contributed by atoms with van der Waals surface area (Å²) < 4.78 is 5.18. The number of fused-ring (bicyclic) bond motifs is 1. The smallest absolute Gasteiger partial charge is 0.110 e. The van der Waals surface area contributed by atoms with Crippen molar-refractivity contribution in [3.63, 3.8) is 0 Å². The second-order valence-electron chi connectivity index (χ2n) is 3.31. The van der Waals surface area contributed by atoms with Gasteiger partial charge in [0.15, 0.2) is 0 Å². The summed E-state index contributed by atoms with van der Waals surface area (Å²) in [6, 6.07) is 14.8. The van der Waals surface area contributed by atoms with E-state index in [0.29, 0.717) is 6.61 Å². The van der Waals surface area contributed by atoms with Crippen LogP contribution < -0.4 is 0 Å². The lowest BCUT2D eigenvalue weighted by molar-refractivity contribution is 0.375. The lowest BCUT2D eigenvalue weighted by atomic mass is 10.0. The highest BCUT2D eigenvalue weighted by molar-refractivity contribution is 7.64. The molecule has 0 heterocycles. The number of benzene rings is 2. The van der Waals surface area contributed by atoms with E-state index in [-0.39, 0.29) is 8.16 Å². The Hall–Kier alpha value is -0.620. The largest absolute Gasteiger partial charge is 0.346 e. The van der Waals surface area contributed by atoms with Crippen molar-refractivity contribution in [2.45, 2.75) is 6.42 Å². The maximum absolute atomic E-state index is 5.49. The van der Waals surface area contributed by atoms with Crippen molar-refractivity contribution in [1.82, 2.24) is 0 Å². The van der Waals surface area contributed by atoms with Gasteiger partial charge in [0.05, 0.1) is 6.61 Å². The van der Waals surface area contributed by atoms with E-state index in [9.17, 15) is 0 Å². The van der Waals surface area contributed by atoms with Gasteiger partial charge in [-0.1, -0.05) is 53.7 Å². The summed E-state index contributed by atoms with van der Waals surface area (Å²) in [4.78, 5) is 0. The second kappa shape index (κ2) is 5.46. The van der Waals surface area contributed by atoms with Gasteiger partial charge in [0, 0.05) is 0 Å². The van der Waals surface area contributed by atoms with Crippen LogP contribution in [-0.2, 0) is 10.9 Å². The number of rotatable bonds is 4. The predicted molar refractivity (Wildman–Crippen MR) is 67.8 cm³/mol. The van der Waals surface area contributed by atoms with Crippen molar-refractivity contribution in [2.24, 2.45) is 0 Å². The first-order chi connectivity index (χ1) is 7.42. The van der Waals surface area contributed by atoms with Crippen molar-refractivity contribution in [1.29, 1.82) is 0 Å². The number of hydrogen-bond donors (Lipinski definition) is 0. The fourth-order valence-corrected chi connectivity index (χ4v) is 2.12. The minimum Gasteiger partial charge on any atom is -0.346 e. The summed E-state index contributed by atoms with van der Waals surface area (Å²) in [6.45, 7) is 0.690. The molecule has 1 unspecified atom stereocenters. The van der Waals surface area contributed by atoms with E-state index in [2.05, 4.69) is 42.5 Å². The van der Waals surface area contributed by atoms with Gasteiger partial charge >= 0.3 is 0 Å². The van der Waals surface area contributed by atoms with E-state index in [1.165, 1.54) is 16.3 Å². The zero-order chi connectivity index (χ0) is 10.5. The molecule has 2 rings (SSSR count). The van der Waals surface area contributed by atoms with Crippen LogP contribution in [0.4, 0.5) is 0 Å². The van der Waals surface area contributed by atoms with Crippen LogP contribution in [-0.4, -0.2) is 6.61 Å². The first-order valence-electron chi connectivity index (χ1n) is 4.86. The van der Waals surface area contributed by atoms with Crippen LogP contribution >= 0.6 is 19.4 Å². The maximum Gasteiger partial charge on any atom is 0.110 e. The first-order valence-corrected chi connectivity index (χ1v) is 6.78. The van der Waals surface area contributed by atoms with Gasteiger partial charge in [0.1, 0.15) is 8.16 Å². The monoisotopic (exact) mass is 238 g/mol. The topological polar surface area (TPSA) is 9.23 Å². The van der Waals surface area contributed by atoms with Crippen LogP contribution in [0.1, 0.15) is 5.56 Å². The Labute approximate surface area is 96.1 Å². The van der Waals surface area contributed by atoms with E-state index in [0.717, 1.165) is 6.42 Å². The molecule has 0 aromatic heterocycles. The summed E-state index contributed by atoms with van der Waals surface area (Å²) in [5.74, 6) is 0. The zero-order valence-corrected chi connectivity index (χ0v) is 10.00. The molecule has 0 aliphatic heterocycles. The molecule has 0 aliphatic rings. The van der Waals surface area contributed by atoms with Crippen molar-refractivity contribution >= 4 is 30.2 Å². The highest BCUT2D eigenvalue weighted by Crippen LogP contribution is 2.21. The second-order valence-corrected chi connectivity index (χ2v) is 4.22. The van der Waals surface area contributed by atoms with E-state index in [1.54, 1.807) is 0 Å². The Morgan fingerprint density at radius 3 is 2.73 bits per heavy atom. The maximum atomic E-state index is 5.49. The fourth-order valence-electron chi connectivity index (χ4n) is 1.71. The minimum absolute atomic E-state index is 0.0587. The quantitative estimate of drug-likeness (QED) is 0.574. The van der Waals surface area contributed by atoms with E-state index in [1.807, 2.05) is 0 Å². The molecule has 0 aliphatic carbocycles. The number of halogens is 1. The molecule has 1 nitrogen and oxygen atoms in total. The highest BCUT2D eigenvalue weighted by Gasteiger charge is 1.99. The van der Waals surface area contributed by atoms with Gasteiger partial charge in [-0.25, -0.2) is 0 Å². The van der Waals surface area contributed by atoms with Crippen LogP contribution in [0.5, 0.6) is 0 Å². The van der Waals surface area contributed by atoms with E-state index < -0.39 is 0 Å². The van der Waals surface area contributed by atoms with Gasteiger partial charge in [-0.15, -0.1) is 0 Å². The van der Waals surface area contributed by atoms with Gasteiger partial charge in [-0.2, -0.15) is 0 Å². The van der Waals surface area contributed by atoms with Gasteiger partial charge in [0.2, 0.25) is 0 Å². The van der Waals surface area contributed by atoms with Crippen LogP contribution in [0.25, 0.3) is 10.8 Å². The van der Waals surface area contributed by atoms with Crippen molar-refractivity contribution in [2.75, 3.05) is 6.61 Å². The van der Waals surface area contributed by atoms with Crippen molar-refractivity contribution in [3.05, 3.63) is 48.0 Å². The summed E-state index contributed by atoms with van der Waals surface area (Å²) in [7, 11) is 0.0587. The van der Waals surface area contributed by atoms with Gasteiger partial charge < -0.3 is 4.52 Å². The lowest BCUT2D eigenvalue weighted by Gasteiger charge is -2.05. The molecule has 1 atom stereocenters. The van der Waals surface area contributed by atoms with Crippen molar-refractivity contribution < 1.29 is 4.52 Å². The van der Waals surface area contributed by atoms with Crippen LogP contribution in [0, 0.1) is 0 Å². The molecular formula is C12H12ClOP. The Bertz CT molecular complexity index is 439. The SMILES string of the molecule is ClPOCCc1cccc2ccccc12. The average Bonchev–Trinajstić information content (AvgIpc) is 2.30. The molecule has 0 fully saturated rings. The third-order valence-electron chi connectivity index (χ3n) is 2.41. The third-order valence-corrected chi connectivity index (χ3v) is 3.05. The predicted octanol–water partition coefficient (Wildman–Crippen LogP) is 4.15. The van der Waals surface area contributed by atoms with Gasteiger partial charge in [-0.3, -0.25) is 0 Å². The summed E-state index contributed by atoms with van der Waals surface area (Å²) >= 11 is 5.49. The fraction of sp³-hybridized carbons (Fsp3) is 0.167. The van der Waals surface area contributed by atoms with Gasteiger partial charge in [0.25, 0.3) is 0 Å². The van der Waals surface area contributed by atoms with Gasteiger partial charge in [-0.05, 0) is 22.8 Å². The normalized spacial score (nSPS) is 11.5. The van der Waals surface area contributed by atoms with E-state index >= 15 is 0 Å². The third kappa shape index (κ3) is 2.69. The molecular weight excluding hydrogens is 227 g/mol. The molecule has 2 aromatic carbocycles. The summed E-state index contributed by atoms with van der Waals surface area (Å²) in [5, 5.41) is 2.59. The Morgan fingerprint density at radius 1 is 1.07 bits per heavy atom. The molecule has 0 amide bonds. The van der Waals surface area contributed by atoms with E-state index in [4.69, 9.17) is 15.8 Å². The lowest BCUT2D eigenvalue weighted by Crippen LogP contribution is -1.92. The molecule has 0 bridgehead atoms. The molecule has 0 spiro atoms. The molecule has 2 aromatic rings. The molecule has 0 N–H and O–H groups in total. The molecule has 15 heavy (non-hydrogen) atoms. The Kier molecular flexibility index (Phi) is 3.96. The molecule has 78 valence electrons. The molecule has 0 radical (unpaired) electrons. The molecule has 0 saturated carbocycles. The van der Waals surface area contributed by atoms with Crippen LogP contribution in [0.2, 0.25) is 0 Å². The van der Waals surface area contributed by atoms with Crippen LogP contribution in [0.15, 0.2) is 42.5 Å². The molecule has 3 heteroatoms. The minimum atomic E-state index is 0.0587. The zero-order valence-electron chi connectivity index (χ0n) is 8.24. The molecule has 0 saturated heterocycles. The Morgan fingerprint density at radius 2 is 1.87 bits per heavy atom. The first kappa shape index (κ1) is 10.9.